The van der Waals surface area contributed by atoms with E-state index in [2.05, 4.69) is 30.1 Å². The zero-order valence-corrected chi connectivity index (χ0v) is 17.5. The number of sulfone groups is 1. The summed E-state index contributed by atoms with van der Waals surface area (Å²) >= 11 is 0. The molecule has 1 aliphatic rings. The highest BCUT2D eigenvalue weighted by Crippen LogP contribution is 2.23. The van der Waals surface area contributed by atoms with Crippen molar-refractivity contribution < 1.29 is 13.2 Å². The van der Waals surface area contributed by atoms with Gasteiger partial charge in [0.2, 0.25) is 5.91 Å². The lowest BCUT2D eigenvalue weighted by Crippen LogP contribution is -2.41. The summed E-state index contributed by atoms with van der Waals surface area (Å²) in [4.78, 5) is 14.7. The third-order valence-corrected chi connectivity index (χ3v) is 6.02. The first-order valence-corrected chi connectivity index (χ1v) is 11.7. The van der Waals surface area contributed by atoms with Crippen LogP contribution in [0.4, 0.5) is 0 Å². The van der Waals surface area contributed by atoms with Crippen LogP contribution < -0.4 is 11.1 Å². The summed E-state index contributed by atoms with van der Waals surface area (Å²) in [7, 11) is -3.12. The molecule has 1 saturated heterocycles. The van der Waals surface area contributed by atoms with Gasteiger partial charge in [-0.2, -0.15) is 0 Å². The summed E-state index contributed by atoms with van der Waals surface area (Å²) in [6, 6.07) is 7.31. The summed E-state index contributed by atoms with van der Waals surface area (Å²) < 4.78 is 22.5. The van der Waals surface area contributed by atoms with Crippen molar-refractivity contribution in [2.24, 2.45) is 17.6 Å². The fourth-order valence-corrected chi connectivity index (χ4v) is 4.51. The van der Waals surface area contributed by atoms with Crippen LogP contribution in [0.1, 0.15) is 37.8 Å². The number of piperidine rings is 1. The molecule has 27 heavy (non-hydrogen) atoms. The van der Waals surface area contributed by atoms with Crippen LogP contribution in [0.3, 0.4) is 0 Å². The first-order chi connectivity index (χ1) is 12.6. The predicted molar refractivity (Wildman–Crippen MR) is 109 cm³/mol. The number of carbonyl (C=O) groups is 1. The van der Waals surface area contributed by atoms with Gasteiger partial charge in [-0.3, -0.25) is 9.69 Å². The molecule has 152 valence electrons. The van der Waals surface area contributed by atoms with Gasteiger partial charge >= 0.3 is 0 Å². The number of amides is 1. The monoisotopic (exact) mass is 395 g/mol. The second-order valence-electron chi connectivity index (χ2n) is 8.15. The van der Waals surface area contributed by atoms with E-state index in [9.17, 15) is 13.2 Å². The van der Waals surface area contributed by atoms with Crippen molar-refractivity contribution in [3.05, 3.63) is 35.4 Å². The van der Waals surface area contributed by atoms with Crippen LogP contribution in [0.2, 0.25) is 0 Å². The third-order valence-electron chi connectivity index (χ3n) is 5.05. The van der Waals surface area contributed by atoms with Crippen LogP contribution in [-0.2, 0) is 27.7 Å². The highest BCUT2D eigenvalue weighted by atomic mass is 32.2. The van der Waals surface area contributed by atoms with Crippen molar-refractivity contribution in [3.63, 3.8) is 0 Å². The van der Waals surface area contributed by atoms with Crippen molar-refractivity contribution in [1.29, 1.82) is 0 Å². The molecule has 0 radical (unpaired) electrons. The molecule has 1 aromatic carbocycles. The van der Waals surface area contributed by atoms with Gasteiger partial charge in [0.1, 0.15) is 9.84 Å². The van der Waals surface area contributed by atoms with Gasteiger partial charge in [-0.25, -0.2) is 8.42 Å². The Labute approximate surface area is 163 Å². The molecule has 0 aromatic heterocycles. The Morgan fingerprint density at radius 1 is 1.22 bits per heavy atom. The first-order valence-electron chi connectivity index (χ1n) is 9.64. The third kappa shape index (κ3) is 7.60. The lowest BCUT2D eigenvalue weighted by molar-refractivity contribution is -0.122. The lowest BCUT2D eigenvalue weighted by atomic mass is 9.91. The van der Waals surface area contributed by atoms with Crippen LogP contribution in [0.15, 0.2) is 24.3 Å². The maximum Gasteiger partial charge on any atom is 0.237 e. The van der Waals surface area contributed by atoms with Gasteiger partial charge in [-0.1, -0.05) is 38.1 Å². The zero-order chi connectivity index (χ0) is 20.0. The average molecular weight is 396 g/mol. The van der Waals surface area contributed by atoms with Crippen molar-refractivity contribution >= 4 is 15.7 Å². The van der Waals surface area contributed by atoms with Gasteiger partial charge in [0.25, 0.3) is 0 Å². The minimum absolute atomic E-state index is 0.0799. The van der Waals surface area contributed by atoms with Gasteiger partial charge in [0.15, 0.2) is 0 Å². The van der Waals surface area contributed by atoms with E-state index in [1.807, 2.05) is 18.2 Å². The molecule has 0 bridgehead atoms. The van der Waals surface area contributed by atoms with Crippen LogP contribution in [0, 0.1) is 11.8 Å². The molecule has 3 atom stereocenters. The highest BCUT2D eigenvalue weighted by molar-refractivity contribution is 7.90. The first kappa shape index (κ1) is 21.9. The number of rotatable bonds is 8. The minimum Gasteiger partial charge on any atom is -0.351 e. The van der Waals surface area contributed by atoms with E-state index in [0.29, 0.717) is 18.4 Å². The average Bonchev–Trinajstić information content (AvgIpc) is 2.57. The molecule has 3 N–H and O–H groups in total. The Hall–Kier alpha value is -1.44. The molecule has 0 aliphatic carbocycles. The quantitative estimate of drug-likeness (QED) is 0.697. The van der Waals surface area contributed by atoms with Crippen molar-refractivity contribution in [2.45, 2.75) is 45.8 Å². The Bertz CT molecular complexity index is 726. The van der Waals surface area contributed by atoms with E-state index in [0.717, 1.165) is 31.5 Å². The Morgan fingerprint density at radius 3 is 2.41 bits per heavy atom. The number of hydrogen-bond donors (Lipinski definition) is 2. The number of benzene rings is 1. The van der Waals surface area contributed by atoms with E-state index < -0.39 is 15.9 Å². The maximum atomic E-state index is 12.2. The summed E-state index contributed by atoms with van der Waals surface area (Å²) in [5.41, 5.74) is 8.11. The largest absolute Gasteiger partial charge is 0.351 e. The maximum absolute atomic E-state index is 12.2. The SMILES string of the molecule is CC1CC(C)CN(Cc2ccccc2CNC(=O)C(N)CCS(C)(=O)=O)C1. The van der Waals surface area contributed by atoms with Gasteiger partial charge in [0.05, 0.1) is 11.8 Å². The van der Waals surface area contributed by atoms with E-state index in [1.165, 1.54) is 12.0 Å². The Morgan fingerprint density at radius 2 is 1.81 bits per heavy atom. The fraction of sp³-hybridized carbons (Fsp3) is 0.650. The number of nitrogens with two attached hydrogens (primary N) is 1. The molecule has 1 aliphatic heterocycles. The Kier molecular flexibility index (Phi) is 7.82. The molecular formula is C20H33N3O3S. The molecule has 0 saturated carbocycles. The molecule has 0 spiro atoms. The van der Waals surface area contributed by atoms with Gasteiger partial charge < -0.3 is 11.1 Å². The van der Waals surface area contributed by atoms with Crippen LogP contribution in [-0.4, -0.2) is 50.4 Å². The molecule has 1 fully saturated rings. The molecule has 3 unspecified atom stereocenters. The molecular weight excluding hydrogens is 362 g/mol. The zero-order valence-electron chi connectivity index (χ0n) is 16.6. The summed E-state index contributed by atoms with van der Waals surface area (Å²) in [5, 5.41) is 2.85. The molecule has 6 nitrogen and oxygen atoms in total. The van der Waals surface area contributed by atoms with E-state index >= 15 is 0 Å². The standard InChI is InChI=1S/C20H33N3O3S/c1-15-10-16(2)13-23(12-15)14-18-7-5-4-6-17(18)11-22-20(24)19(21)8-9-27(3,25)26/h4-7,15-16,19H,8-14,21H2,1-3H3,(H,22,24). The number of hydrogen-bond acceptors (Lipinski definition) is 5. The van der Waals surface area contributed by atoms with Gasteiger partial charge in [-0.05, 0) is 35.8 Å². The lowest BCUT2D eigenvalue weighted by Gasteiger charge is -2.35. The second kappa shape index (κ2) is 9.66. The Balaban J connectivity index is 1.92. The number of nitrogens with zero attached hydrogens (tertiary/aromatic N) is 1. The van der Waals surface area contributed by atoms with Crippen molar-refractivity contribution in [3.8, 4) is 0 Å². The summed E-state index contributed by atoms with van der Waals surface area (Å²) in [6.45, 7) is 8.07. The normalized spacial score (nSPS) is 22.4. The molecule has 2 rings (SSSR count). The van der Waals surface area contributed by atoms with E-state index in [4.69, 9.17) is 5.73 Å². The number of nitrogens with one attached hydrogen (secondary N) is 1. The van der Waals surface area contributed by atoms with Crippen molar-refractivity contribution in [1.82, 2.24) is 10.2 Å². The fourth-order valence-electron chi connectivity index (χ4n) is 3.83. The molecule has 1 amide bonds. The van der Waals surface area contributed by atoms with Crippen LogP contribution >= 0.6 is 0 Å². The number of carbonyl (C=O) groups excluding carboxylic acids is 1. The van der Waals surface area contributed by atoms with Crippen LogP contribution in [0.5, 0.6) is 0 Å². The molecule has 1 aromatic rings. The minimum atomic E-state index is -3.12. The summed E-state index contributed by atoms with van der Waals surface area (Å²) in [6.07, 6.45) is 2.56. The predicted octanol–water partition coefficient (Wildman–Crippen LogP) is 1.54. The number of likely N-dealkylation sites (tertiary alicyclic amines) is 1. The molecule has 1 heterocycles. The highest BCUT2D eigenvalue weighted by Gasteiger charge is 2.22. The van der Waals surface area contributed by atoms with Gasteiger partial charge in [0, 0.05) is 32.4 Å². The summed E-state index contributed by atoms with van der Waals surface area (Å²) in [5.74, 6) is 1.01. The van der Waals surface area contributed by atoms with Crippen LogP contribution in [0.25, 0.3) is 0 Å². The molecule has 7 heteroatoms. The smallest absolute Gasteiger partial charge is 0.237 e. The van der Waals surface area contributed by atoms with Crippen molar-refractivity contribution in [2.75, 3.05) is 25.1 Å². The van der Waals surface area contributed by atoms with E-state index in [-0.39, 0.29) is 18.1 Å². The van der Waals surface area contributed by atoms with E-state index in [1.54, 1.807) is 0 Å². The van der Waals surface area contributed by atoms with Gasteiger partial charge in [-0.15, -0.1) is 0 Å². The second-order valence-corrected chi connectivity index (χ2v) is 10.4. The topological polar surface area (TPSA) is 92.5 Å².